The minimum absolute atomic E-state index is 0.0166. The van der Waals surface area contributed by atoms with Crippen LogP contribution in [0.15, 0.2) is 34.7 Å². The molecule has 0 aliphatic rings. The van der Waals surface area contributed by atoms with Crippen LogP contribution >= 0.6 is 0 Å². The Morgan fingerprint density at radius 1 is 1.35 bits per heavy atom. The zero-order chi connectivity index (χ0) is 16.8. The summed E-state index contributed by atoms with van der Waals surface area (Å²) < 4.78 is 17.8. The lowest BCUT2D eigenvalue weighted by molar-refractivity contribution is -0.119. The van der Waals surface area contributed by atoms with Crippen LogP contribution in [0.1, 0.15) is 31.7 Å². The zero-order valence-corrected chi connectivity index (χ0v) is 14.5. The van der Waals surface area contributed by atoms with Gasteiger partial charge in [0.05, 0.1) is 11.4 Å². The lowest BCUT2D eigenvalue weighted by Crippen LogP contribution is -2.35. The molecule has 1 N–H and O–H groups in total. The number of nitrogens with zero attached hydrogens (tertiary/aromatic N) is 1. The van der Waals surface area contributed by atoms with Gasteiger partial charge in [-0.25, -0.2) is 4.98 Å². The first kappa shape index (κ1) is 17.4. The Balaban J connectivity index is 1.99. The number of hydrogen-bond acceptors (Lipinski definition) is 4. The van der Waals surface area contributed by atoms with Gasteiger partial charge in [0.15, 0.2) is 0 Å². The second-order valence-corrected chi connectivity index (χ2v) is 6.95. The molecule has 23 heavy (non-hydrogen) atoms. The van der Waals surface area contributed by atoms with Crippen LogP contribution in [0, 0.1) is 6.92 Å². The number of carbonyl (C=O) groups is 1. The number of aryl methyl sites for hydroxylation is 1. The molecule has 1 aromatic heterocycles. The molecular formula is C17H22N2O3S. The maximum Gasteiger partial charge on any atom is 0.232 e. The summed E-state index contributed by atoms with van der Waals surface area (Å²) in [7, 11) is -1.31. The van der Waals surface area contributed by atoms with Crippen molar-refractivity contribution in [1.82, 2.24) is 10.3 Å². The maximum atomic E-state index is 12.2. The largest absolute Gasteiger partial charge is 0.441 e. The van der Waals surface area contributed by atoms with Gasteiger partial charge in [0.1, 0.15) is 11.5 Å². The van der Waals surface area contributed by atoms with Gasteiger partial charge in [0.2, 0.25) is 11.8 Å². The Labute approximate surface area is 139 Å². The third-order valence-electron chi connectivity index (χ3n) is 3.52. The summed E-state index contributed by atoms with van der Waals surface area (Å²) in [6, 6.07) is 9.65. The van der Waals surface area contributed by atoms with Gasteiger partial charge >= 0.3 is 0 Å². The Morgan fingerprint density at radius 2 is 2.04 bits per heavy atom. The highest BCUT2D eigenvalue weighted by Crippen LogP contribution is 2.22. The number of oxazole rings is 1. The lowest BCUT2D eigenvalue weighted by atomic mass is 10.2. The van der Waals surface area contributed by atoms with E-state index in [1.54, 1.807) is 6.92 Å². The molecule has 5 nitrogen and oxygen atoms in total. The Bertz CT molecular complexity index is 682. The molecule has 124 valence electrons. The van der Waals surface area contributed by atoms with Crippen molar-refractivity contribution in [1.29, 1.82) is 0 Å². The van der Waals surface area contributed by atoms with Crippen molar-refractivity contribution in [2.45, 2.75) is 39.0 Å². The van der Waals surface area contributed by atoms with Crippen LogP contribution in [0.25, 0.3) is 11.5 Å². The average Bonchev–Trinajstić information content (AvgIpc) is 2.88. The normalized spacial score (nSPS) is 13.5. The van der Waals surface area contributed by atoms with Crippen molar-refractivity contribution in [3.63, 3.8) is 0 Å². The number of rotatable bonds is 7. The fraction of sp³-hybridized carbons (Fsp3) is 0.412. The second-order valence-electron chi connectivity index (χ2n) is 5.49. The maximum absolute atomic E-state index is 12.2. The second kappa shape index (κ2) is 8.06. The van der Waals surface area contributed by atoms with E-state index in [-0.39, 0.29) is 23.5 Å². The van der Waals surface area contributed by atoms with E-state index in [1.807, 2.05) is 44.2 Å². The van der Waals surface area contributed by atoms with E-state index in [4.69, 9.17) is 4.42 Å². The van der Waals surface area contributed by atoms with Gasteiger partial charge in [-0.2, -0.15) is 0 Å². The molecule has 2 atom stereocenters. The quantitative estimate of drug-likeness (QED) is 0.845. The number of carbonyl (C=O) groups excluding carboxylic acids is 1. The van der Waals surface area contributed by atoms with Gasteiger partial charge in [-0.1, -0.05) is 25.1 Å². The molecule has 0 aliphatic heterocycles. The predicted molar refractivity (Wildman–Crippen MR) is 91.3 cm³/mol. The third kappa shape index (κ3) is 5.03. The van der Waals surface area contributed by atoms with Gasteiger partial charge in [0, 0.05) is 22.4 Å². The molecule has 6 heteroatoms. The van der Waals surface area contributed by atoms with E-state index < -0.39 is 10.8 Å². The van der Waals surface area contributed by atoms with Gasteiger partial charge in [-0.15, -0.1) is 0 Å². The number of hydrogen-bond donors (Lipinski definition) is 1. The van der Waals surface area contributed by atoms with Crippen molar-refractivity contribution in [2.24, 2.45) is 0 Å². The molecule has 0 spiro atoms. The van der Waals surface area contributed by atoms with Crippen LogP contribution in [-0.2, 0) is 21.3 Å². The van der Waals surface area contributed by atoms with Crippen molar-refractivity contribution in [2.75, 3.05) is 5.75 Å². The van der Waals surface area contributed by atoms with E-state index in [0.29, 0.717) is 17.3 Å². The summed E-state index contributed by atoms with van der Waals surface area (Å²) >= 11 is 0. The van der Waals surface area contributed by atoms with Crippen LogP contribution in [-0.4, -0.2) is 26.9 Å². The summed E-state index contributed by atoms with van der Waals surface area (Å²) in [5.74, 6) is 1.16. The van der Waals surface area contributed by atoms with Crippen LogP contribution in [0.2, 0.25) is 0 Å². The summed E-state index contributed by atoms with van der Waals surface area (Å²) in [5, 5.41) is 2.82. The van der Waals surface area contributed by atoms with Gasteiger partial charge < -0.3 is 9.73 Å². The van der Waals surface area contributed by atoms with Gasteiger partial charge in [-0.3, -0.25) is 9.00 Å². The van der Waals surface area contributed by atoms with Crippen molar-refractivity contribution in [3.05, 3.63) is 41.8 Å². The summed E-state index contributed by atoms with van der Waals surface area (Å²) in [6.07, 6.45) is 0.848. The highest BCUT2D eigenvalue weighted by molar-refractivity contribution is 7.84. The summed E-state index contributed by atoms with van der Waals surface area (Å²) in [5.41, 5.74) is 1.51. The minimum Gasteiger partial charge on any atom is -0.441 e. The molecule has 0 radical (unpaired) electrons. The molecule has 1 amide bonds. The lowest BCUT2D eigenvalue weighted by Gasteiger charge is -2.10. The molecule has 0 saturated carbocycles. The Hall–Kier alpha value is -1.95. The van der Waals surface area contributed by atoms with E-state index in [1.165, 1.54) is 0 Å². The van der Waals surface area contributed by atoms with Crippen molar-refractivity contribution in [3.8, 4) is 11.5 Å². The highest BCUT2D eigenvalue weighted by Gasteiger charge is 2.16. The SMILES string of the molecule is CC[C@H](C)NC(=O)C[S@](=O)Cc1nc(-c2ccccc2)oc1C. The first-order valence-corrected chi connectivity index (χ1v) is 9.14. The number of benzene rings is 1. The number of nitrogens with one attached hydrogen (secondary N) is 1. The molecule has 0 unspecified atom stereocenters. The molecule has 2 rings (SSSR count). The molecular weight excluding hydrogens is 312 g/mol. The number of aromatic nitrogens is 1. The molecule has 1 heterocycles. The van der Waals surface area contributed by atoms with E-state index in [9.17, 15) is 9.00 Å². The molecule has 2 aromatic rings. The van der Waals surface area contributed by atoms with E-state index in [2.05, 4.69) is 10.3 Å². The monoisotopic (exact) mass is 334 g/mol. The fourth-order valence-electron chi connectivity index (χ4n) is 2.03. The fourth-order valence-corrected chi connectivity index (χ4v) is 3.09. The molecule has 0 aliphatic carbocycles. The van der Waals surface area contributed by atoms with Crippen LogP contribution in [0.4, 0.5) is 0 Å². The molecule has 0 saturated heterocycles. The smallest absolute Gasteiger partial charge is 0.232 e. The Kier molecular flexibility index (Phi) is 6.10. The highest BCUT2D eigenvalue weighted by atomic mass is 32.2. The average molecular weight is 334 g/mol. The first-order valence-electron chi connectivity index (χ1n) is 7.65. The minimum atomic E-state index is -1.31. The number of amides is 1. The predicted octanol–water partition coefficient (Wildman–Crippen LogP) is 2.81. The summed E-state index contributed by atoms with van der Waals surface area (Å²) in [4.78, 5) is 16.2. The topological polar surface area (TPSA) is 72.2 Å². The molecule has 1 aromatic carbocycles. The van der Waals surface area contributed by atoms with E-state index >= 15 is 0 Å². The van der Waals surface area contributed by atoms with Gasteiger partial charge in [-0.05, 0) is 32.4 Å². The Morgan fingerprint density at radius 3 is 2.70 bits per heavy atom. The molecule has 0 fully saturated rings. The summed E-state index contributed by atoms with van der Waals surface area (Å²) in [6.45, 7) is 5.71. The zero-order valence-electron chi connectivity index (χ0n) is 13.7. The van der Waals surface area contributed by atoms with E-state index in [0.717, 1.165) is 12.0 Å². The van der Waals surface area contributed by atoms with Crippen LogP contribution in [0.3, 0.4) is 0 Å². The van der Waals surface area contributed by atoms with Crippen LogP contribution in [0.5, 0.6) is 0 Å². The van der Waals surface area contributed by atoms with Crippen molar-refractivity contribution >= 4 is 16.7 Å². The molecule has 0 bridgehead atoms. The first-order chi connectivity index (χ1) is 11.0. The third-order valence-corrected chi connectivity index (χ3v) is 4.70. The van der Waals surface area contributed by atoms with Gasteiger partial charge in [0.25, 0.3) is 0 Å². The van der Waals surface area contributed by atoms with Crippen LogP contribution < -0.4 is 5.32 Å². The standard InChI is InChI=1S/C17H22N2O3S/c1-4-12(2)18-16(20)11-23(21)10-15-13(3)22-17(19-15)14-8-6-5-7-9-14/h5-9,12H,4,10-11H2,1-3H3,(H,18,20)/t12-,23+/m0/s1. The van der Waals surface area contributed by atoms with Crippen molar-refractivity contribution < 1.29 is 13.4 Å².